The molecule has 0 spiro atoms. The van der Waals surface area contributed by atoms with Crippen molar-refractivity contribution in [3.8, 4) is 27.6 Å². The molecule has 3 aromatic rings. The molecule has 7 heteroatoms. The Bertz CT molecular complexity index is 993. The molecule has 0 aliphatic heterocycles. The Labute approximate surface area is 151 Å². The summed E-state index contributed by atoms with van der Waals surface area (Å²) in [7, 11) is -1.63. The molecule has 25 heavy (non-hydrogen) atoms. The lowest BCUT2D eigenvalue weighted by Crippen LogP contribution is -2.09. The number of nitrogens with zero attached hydrogens (tertiary/aromatic N) is 1. The van der Waals surface area contributed by atoms with E-state index < -0.39 is 10.0 Å². The third-order valence-electron chi connectivity index (χ3n) is 3.60. The number of ether oxygens (including phenoxy) is 1. The Balaban J connectivity index is 1.95. The number of sulfonamides is 1. The monoisotopic (exact) mass is 374 g/mol. The number of aromatic nitrogens is 1. The molecule has 0 atom stereocenters. The van der Waals surface area contributed by atoms with E-state index in [9.17, 15) is 8.42 Å². The summed E-state index contributed by atoms with van der Waals surface area (Å²) in [5, 5.41) is 0.892. The Hall–Kier alpha value is -2.38. The fraction of sp³-hybridized carbons (Fsp3) is 0.167. The largest absolute Gasteiger partial charge is 0.496 e. The number of benzene rings is 2. The lowest BCUT2D eigenvalue weighted by molar-refractivity contribution is 0.416. The molecule has 3 rings (SSSR count). The maximum Gasteiger partial charge on any atom is 0.229 e. The third kappa shape index (κ3) is 4.00. The molecular weight excluding hydrogens is 356 g/mol. The molecule has 1 N–H and O–H groups in total. The van der Waals surface area contributed by atoms with Gasteiger partial charge in [0.05, 0.1) is 24.6 Å². The lowest BCUT2D eigenvalue weighted by atomic mass is 10.1. The number of rotatable bonds is 5. The Morgan fingerprint density at radius 2 is 1.76 bits per heavy atom. The molecule has 1 heterocycles. The van der Waals surface area contributed by atoms with Crippen LogP contribution < -0.4 is 9.46 Å². The molecule has 130 valence electrons. The van der Waals surface area contributed by atoms with Crippen LogP contribution in [0.15, 0.2) is 48.5 Å². The zero-order chi connectivity index (χ0) is 18.0. The molecule has 0 saturated carbocycles. The quantitative estimate of drug-likeness (QED) is 0.728. The lowest BCUT2D eigenvalue weighted by Gasteiger charge is -2.05. The molecule has 0 amide bonds. The number of para-hydroxylation sites is 1. The van der Waals surface area contributed by atoms with Crippen LogP contribution in [0.3, 0.4) is 0 Å². The number of nitrogens with one attached hydrogen (secondary N) is 1. The van der Waals surface area contributed by atoms with Gasteiger partial charge in [-0.15, -0.1) is 11.3 Å². The first-order valence-corrected chi connectivity index (χ1v) is 10.3. The van der Waals surface area contributed by atoms with E-state index in [1.54, 1.807) is 30.6 Å². The van der Waals surface area contributed by atoms with Crippen molar-refractivity contribution >= 4 is 27.0 Å². The van der Waals surface area contributed by atoms with Crippen LogP contribution in [0.1, 0.15) is 4.88 Å². The van der Waals surface area contributed by atoms with Gasteiger partial charge in [0.15, 0.2) is 0 Å². The van der Waals surface area contributed by atoms with E-state index in [0.717, 1.165) is 38.7 Å². The van der Waals surface area contributed by atoms with E-state index in [-0.39, 0.29) is 0 Å². The highest BCUT2D eigenvalue weighted by Crippen LogP contribution is 2.37. The van der Waals surface area contributed by atoms with Crippen LogP contribution in [0, 0.1) is 6.92 Å². The topological polar surface area (TPSA) is 68.3 Å². The van der Waals surface area contributed by atoms with Crippen molar-refractivity contribution in [3.05, 3.63) is 53.4 Å². The summed E-state index contributed by atoms with van der Waals surface area (Å²) in [5.74, 6) is 0.788. The smallest absolute Gasteiger partial charge is 0.229 e. The minimum atomic E-state index is -3.28. The number of methoxy groups -OCH3 is 1. The molecule has 0 radical (unpaired) electrons. The normalized spacial score (nSPS) is 11.3. The molecule has 1 aromatic heterocycles. The molecule has 5 nitrogen and oxygen atoms in total. The van der Waals surface area contributed by atoms with E-state index in [1.165, 1.54) is 0 Å². The minimum absolute atomic E-state index is 0.532. The Morgan fingerprint density at radius 3 is 2.40 bits per heavy atom. The summed E-state index contributed by atoms with van der Waals surface area (Å²) >= 11 is 1.60. The first-order valence-electron chi connectivity index (χ1n) is 7.56. The highest BCUT2D eigenvalue weighted by atomic mass is 32.2. The first kappa shape index (κ1) is 17.4. The van der Waals surface area contributed by atoms with Crippen LogP contribution in [0.5, 0.6) is 5.75 Å². The van der Waals surface area contributed by atoms with Crippen molar-refractivity contribution in [2.24, 2.45) is 0 Å². The van der Waals surface area contributed by atoms with Crippen molar-refractivity contribution in [3.63, 3.8) is 0 Å². The van der Waals surface area contributed by atoms with Crippen LogP contribution in [-0.2, 0) is 10.0 Å². The van der Waals surface area contributed by atoms with E-state index in [0.29, 0.717) is 5.69 Å². The minimum Gasteiger partial charge on any atom is -0.496 e. The van der Waals surface area contributed by atoms with Gasteiger partial charge in [-0.05, 0) is 31.2 Å². The highest BCUT2D eigenvalue weighted by molar-refractivity contribution is 7.92. The SMILES string of the molecule is COc1ccccc1-c1nc(-c2ccc(NS(C)(=O)=O)cc2)c(C)s1. The average molecular weight is 374 g/mol. The van der Waals surface area contributed by atoms with Crippen LogP contribution in [0.2, 0.25) is 0 Å². The van der Waals surface area contributed by atoms with Gasteiger partial charge in [0.1, 0.15) is 10.8 Å². The van der Waals surface area contributed by atoms with Crippen LogP contribution >= 0.6 is 11.3 Å². The first-order chi connectivity index (χ1) is 11.9. The van der Waals surface area contributed by atoms with Crippen LogP contribution in [0.4, 0.5) is 5.69 Å². The van der Waals surface area contributed by atoms with Gasteiger partial charge in [-0.1, -0.05) is 24.3 Å². The highest BCUT2D eigenvalue weighted by Gasteiger charge is 2.14. The summed E-state index contributed by atoms with van der Waals surface area (Å²) in [6.45, 7) is 2.02. The van der Waals surface area contributed by atoms with E-state index in [4.69, 9.17) is 9.72 Å². The average Bonchev–Trinajstić information content (AvgIpc) is 2.96. The number of anilines is 1. The second kappa shape index (κ2) is 6.85. The fourth-order valence-electron chi connectivity index (χ4n) is 2.51. The third-order valence-corrected chi connectivity index (χ3v) is 5.21. The van der Waals surface area contributed by atoms with Gasteiger partial charge in [0.25, 0.3) is 0 Å². The van der Waals surface area contributed by atoms with Gasteiger partial charge >= 0.3 is 0 Å². The van der Waals surface area contributed by atoms with Crippen molar-refractivity contribution in [1.82, 2.24) is 4.98 Å². The second-order valence-electron chi connectivity index (χ2n) is 5.58. The molecule has 0 unspecified atom stereocenters. The van der Waals surface area contributed by atoms with Crippen molar-refractivity contribution in [2.45, 2.75) is 6.92 Å². The number of thiazole rings is 1. The molecule has 0 aliphatic rings. The van der Waals surface area contributed by atoms with Gasteiger partial charge in [-0.3, -0.25) is 4.72 Å². The summed E-state index contributed by atoms with van der Waals surface area (Å²) in [5.41, 5.74) is 3.31. The van der Waals surface area contributed by atoms with Crippen molar-refractivity contribution in [1.29, 1.82) is 0 Å². The van der Waals surface area contributed by atoms with Gasteiger partial charge in [0.2, 0.25) is 10.0 Å². The molecule has 2 aromatic carbocycles. The number of hydrogen-bond donors (Lipinski definition) is 1. The fourth-order valence-corrected chi connectivity index (χ4v) is 4.04. The van der Waals surface area contributed by atoms with Crippen molar-refractivity contribution in [2.75, 3.05) is 18.1 Å². The summed E-state index contributed by atoms with van der Waals surface area (Å²) in [6.07, 6.45) is 1.13. The number of hydrogen-bond acceptors (Lipinski definition) is 5. The predicted molar refractivity (Wildman–Crippen MR) is 103 cm³/mol. The van der Waals surface area contributed by atoms with Crippen LogP contribution in [-0.4, -0.2) is 26.8 Å². The summed E-state index contributed by atoms with van der Waals surface area (Å²) in [6, 6.07) is 15.0. The van der Waals surface area contributed by atoms with E-state index in [2.05, 4.69) is 4.72 Å². The van der Waals surface area contributed by atoms with E-state index in [1.807, 2.05) is 43.3 Å². The van der Waals surface area contributed by atoms with Gasteiger partial charge in [0, 0.05) is 16.1 Å². The Morgan fingerprint density at radius 1 is 1.08 bits per heavy atom. The maximum absolute atomic E-state index is 11.3. The molecule has 0 bridgehead atoms. The maximum atomic E-state index is 11.3. The zero-order valence-corrected chi connectivity index (χ0v) is 15.7. The van der Waals surface area contributed by atoms with Gasteiger partial charge < -0.3 is 4.74 Å². The molecular formula is C18H18N2O3S2. The zero-order valence-electron chi connectivity index (χ0n) is 14.1. The summed E-state index contributed by atoms with van der Waals surface area (Å²) < 4.78 is 30.5. The predicted octanol–water partition coefficient (Wildman–Crippen LogP) is 4.17. The summed E-state index contributed by atoms with van der Waals surface area (Å²) in [4.78, 5) is 5.85. The number of aryl methyl sites for hydroxylation is 1. The Kier molecular flexibility index (Phi) is 4.78. The van der Waals surface area contributed by atoms with Crippen molar-refractivity contribution < 1.29 is 13.2 Å². The molecule has 0 saturated heterocycles. The van der Waals surface area contributed by atoms with Gasteiger partial charge in [-0.2, -0.15) is 0 Å². The van der Waals surface area contributed by atoms with E-state index >= 15 is 0 Å². The van der Waals surface area contributed by atoms with Crippen LogP contribution in [0.25, 0.3) is 21.8 Å². The van der Waals surface area contributed by atoms with Gasteiger partial charge in [-0.25, -0.2) is 13.4 Å². The standard InChI is InChI=1S/C18H18N2O3S2/c1-12-17(13-8-10-14(11-9-13)20-25(3,21)22)19-18(24-12)15-6-4-5-7-16(15)23-2/h4-11,20H,1-3H3. The molecule has 0 aliphatic carbocycles. The molecule has 0 fully saturated rings. The second-order valence-corrected chi connectivity index (χ2v) is 8.53.